The molecule has 9 heteroatoms. The molecule has 2 heterocycles. The van der Waals surface area contributed by atoms with E-state index in [0.29, 0.717) is 11.3 Å². The van der Waals surface area contributed by atoms with Crippen molar-refractivity contribution in [2.75, 3.05) is 7.11 Å². The number of ether oxygens (including phenoxy) is 1. The third kappa shape index (κ3) is 4.40. The summed E-state index contributed by atoms with van der Waals surface area (Å²) in [4.78, 5) is 16.4. The monoisotopic (exact) mass is 456 g/mol. The summed E-state index contributed by atoms with van der Waals surface area (Å²) in [5, 5.41) is 3.80. The molecule has 0 saturated carbocycles. The van der Waals surface area contributed by atoms with Crippen molar-refractivity contribution in [1.82, 2.24) is 10.3 Å². The highest BCUT2D eigenvalue weighted by Gasteiger charge is 2.19. The van der Waals surface area contributed by atoms with Gasteiger partial charge in [0.1, 0.15) is 5.75 Å². The van der Waals surface area contributed by atoms with Crippen LogP contribution in [0.1, 0.15) is 16.1 Å². The van der Waals surface area contributed by atoms with Crippen molar-refractivity contribution < 1.29 is 22.4 Å². The normalized spacial score (nSPS) is 11.4. The largest absolute Gasteiger partial charge is 0.497 e. The molecule has 4 aromatic rings. The molecular weight excluding hydrogens is 440 g/mol. The summed E-state index contributed by atoms with van der Waals surface area (Å²) < 4.78 is 36.4. The molecule has 0 unspecified atom stereocenters. The lowest BCUT2D eigenvalue weighted by Gasteiger charge is -2.09. The van der Waals surface area contributed by atoms with Crippen LogP contribution in [-0.4, -0.2) is 26.4 Å². The number of hydrogen-bond donors (Lipinski definition) is 1. The summed E-state index contributed by atoms with van der Waals surface area (Å²) in [7, 11) is -2.33. The first-order valence-electron chi connectivity index (χ1n) is 9.17. The Morgan fingerprint density at radius 3 is 2.58 bits per heavy atom. The van der Waals surface area contributed by atoms with Crippen molar-refractivity contribution >= 4 is 38.3 Å². The number of sulfone groups is 1. The number of aromatic nitrogens is 1. The van der Waals surface area contributed by atoms with Crippen LogP contribution in [0.2, 0.25) is 5.02 Å². The maximum atomic E-state index is 12.9. The zero-order valence-corrected chi connectivity index (χ0v) is 17.9. The number of carbonyl (C=O) groups excluding carboxylic acids is 1. The smallest absolute Gasteiger partial charge is 0.287 e. The van der Waals surface area contributed by atoms with Crippen LogP contribution >= 0.6 is 11.6 Å². The van der Waals surface area contributed by atoms with E-state index in [0.717, 1.165) is 10.9 Å². The molecule has 0 saturated heterocycles. The molecule has 0 aliphatic heterocycles. The number of pyridine rings is 1. The summed E-state index contributed by atoms with van der Waals surface area (Å²) in [5.74, 6) is 0.155. The Bertz CT molecular complexity index is 1330. The number of halogens is 1. The molecule has 1 amide bonds. The van der Waals surface area contributed by atoms with Gasteiger partial charge in [-0.15, -0.1) is 0 Å². The molecule has 0 spiro atoms. The van der Waals surface area contributed by atoms with Gasteiger partial charge in [0.25, 0.3) is 5.91 Å². The molecule has 1 N–H and O–H groups in total. The van der Waals surface area contributed by atoms with Gasteiger partial charge in [0, 0.05) is 23.2 Å². The summed E-state index contributed by atoms with van der Waals surface area (Å²) >= 11 is 6.00. The minimum Gasteiger partial charge on any atom is -0.497 e. The number of amides is 1. The quantitative estimate of drug-likeness (QED) is 0.465. The zero-order chi connectivity index (χ0) is 22.0. The second-order valence-electron chi connectivity index (χ2n) is 6.68. The molecule has 0 atom stereocenters. The lowest BCUT2D eigenvalue weighted by molar-refractivity contribution is 0.0925. The lowest BCUT2D eigenvalue weighted by Crippen LogP contribution is -2.22. The number of nitrogens with zero attached hydrogens (tertiary/aromatic N) is 1. The first-order chi connectivity index (χ1) is 14.9. The molecule has 0 bridgehead atoms. The highest BCUT2D eigenvalue weighted by atomic mass is 35.5. The van der Waals surface area contributed by atoms with Crippen LogP contribution in [0.4, 0.5) is 0 Å². The lowest BCUT2D eigenvalue weighted by atomic mass is 10.2. The SMILES string of the molecule is COc1cc(Cl)cc(S(=O)(=O)c2ccc(CNC(=O)c3cc4ccncc4o3)cc2)c1. The van der Waals surface area contributed by atoms with Gasteiger partial charge in [-0.05, 0) is 48.0 Å². The number of nitrogens with one attached hydrogen (secondary N) is 1. The summed E-state index contributed by atoms with van der Waals surface area (Å²) in [6, 6.07) is 14.0. The molecular formula is C22H17ClN2O5S. The number of hydrogen-bond acceptors (Lipinski definition) is 6. The van der Waals surface area contributed by atoms with E-state index in [2.05, 4.69) is 10.3 Å². The van der Waals surface area contributed by atoms with Crippen LogP contribution in [0, 0.1) is 0 Å². The Labute approximate surface area is 183 Å². The van der Waals surface area contributed by atoms with E-state index >= 15 is 0 Å². The van der Waals surface area contributed by atoms with E-state index in [-0.39, 0.29) is 33.0 Å². The van der Waals surface area contributed by atoms with E-state index in [1.165, 1.54) is 37.4 Å². The average Bonchev–Trinajstić information content (AvgIpc) is 3.21. The van der Waals surface area contributed by atoms with E-state index in [4.69, 9.17) is 20.8 Å². The minimum absolute atomic E-state index is 0.0391. The number of carbonyl (C=O) groups is 1. The van der Waals surface area contributed by atoms with Crippen molar-refractivity contribution in [3.63, 3.8) is 0 Å². The Morgan fingerprint density at radius 2 is 1.87 bits per heavy atom. The fraction of sp³-hybridized carbons (Fsp3) is 0.0909. The first kappa shape index (κ1) is 20.9. The van der Waals surface area contributed by atoms with Crippen LogP contribution in [0.3, 0.4) is 0 Å². The molecule has 0 aliphatic carbocycles. The highest BCUT2D eigenvalue weighted by molar-refractivity contribution is 7.91. The van der Waals surface area contributed by atoms with Crippen LogP contribution < -0.4 is 10.1 Å². The van der Waals surface area contributed by atoms with Gasteiger partial charge in [-0.3, -0.25) is 9.78 Å². The molecule has 2 aromatic heterocycles. The average molecular weight is 457 g/mol. The van der Waals surface area contributed by atoms with Gasteiger partial charge in [0.2, 0.25) is 9.84 Å². The second-order valence-corrected chi connectivity index (χ2v) is 9.07. The number of methoxy groups -OCH3 is 1. The maximum Gasteiger partial charge on any atom is 0.287 e. The molecule has 0 aliphatic rings. The van der Waals surface area contributed by atoms with E-state index in [9.17, 15) is 13.2 Å². The second kappa shape index (κ2) is 8.41. The Hall–Kier alpha value is -3.36. The van der Waals surface area contributed by atoms with Crippen LogP contribution in [0.15, 0.2) is 81.2 Å². The zero-order valence-electron chi connectivity index (χ0n) is 16.3. The highest BCUT2D eigenvalue weighted by Crippen LogP contribution is 2.28. The van der Waals surface area contributed by atoms with Gasteiger partial charge in [-0.1, -0.05) is 23.7 Å². The number of rotatable bonds is 6. The molecule has 31 heavy (non-hydrogen) atoms. The van der Waals surface area contributed by atoms with Crippen LogP contribution in [0.5, 0.6) is 5.75 Å². The fourth-order valence-electron chi connectivity index (χ4n) is 3.00. The third-order valence-electron chi connectivity index (χ3n) is 4.62. The molecule has 0 fully saturated rings. The fourth-order valence-corrected chi connectivity index (χ4v) is 4.61. The van der Waals surface area contributed by atoms with Crippen LogP contribution in [0.25, 0.3) is 11.0 Å². The van der Waals surface area contributed by atoms with E-state index in [1.54, 1.807) is 36.7 Å². The molecule has 4 rings (SSSR count). The molecule has 0 radical (unpaired) electrons. The first-order valence-corrected chi connectivity index (χ1v) is 11.0. The number of fused-ring (bicyclic) bond motifs is 1. The van der Waals surface area contributed by atoms with Crippen molar-refractivity contribution in [3.8, 4) is 5.75 Å². The predicted molar refractivity (Wildman–Crippen MR) is 115 cm³/mol. The Kier molecular flexibility index (Phi) is 5.67. The molecule has 2 aromatic carbocycles. The van der Waals surface area contributed by atoms with Gasteiger partial charge in [-0.2, -0.15) is 0 Å². The van der Waals surface area contributed by atoms with E-state index < -0.39 is 9.84 Å². The van der Waals surface area contributed by atoms with Gasteiger partial charge in [0.15, 0.2) is 11.3 Å². The van der Waals surface area contributed by atoms with E-state index in [1.807, 2.05) is 0 Å². The van der Waals surface area contributed by atoms with Crippen molar-refractivity contribution in [2.24, 2.45) is 0 Å². The summed E-state index contributed by atoms with van der Waals surface area (Å²) in [5.41, 5.74) is 1.26. The predicted octanol–water partition coefficient (Wildman–Crippen LogP) is 4.25. The van der Waals surface area contributed by atoms with Gasteiger partial charge in [-0.25, -0.2) is 8.42 Å². The topological polar surface area (TPSA) is 98.5 Å². The summed E-state index contributed by atoms with van der Waals surface area (Å²) in [6.45, 7) is 0.208. The molecule has 158 valence electrons. The van der Waals surface area contributed by atoms with Gasteiger partial charge in [0.05, 0.1) is 23.1 Å². The van der Waals surface area contributed by atoms with Crippen molar-refractivity contribution in [1.29, 1.82) is 0 Å². The Balaban J connectivity index is 1.47. The van der Waals surface area contributed by atoms with Crippen molar-refractivity contribution in [2.45, 2.75) is 16.3 Å². The van der Waals surface area contributed by atoms with Crippen molar-refractivity contribution in [3.05, 3.63) is 83.3 Å². The number of benzene rings is 2. The molecule has 7 nitrogen and oxygen atoms in total. The third-order valence-corrected chi connectivity index (χ3v) is 6.59. The maximum absolute atomic E-state index is 12.9. The van der Waals surface area contributed by atoms with Gasteiger partial charge < -0.3 is 14.5 Å². The van der Waals surface area contributed by atoms with Gasteiger partial charge >= 0.3 is 0 Å². The van der Waals surface area contributed by atoms with Crippen LogP contribution in [-0.2, 0) is 16.4 Å². The Morgan fingerprint density at radius 1 is 1.10 bits per heavy atom. The summed E-state index contributed by atoms with van der Waals surface area (Å²) in [6.07, 6.45) is 3.16. The number of furan rings is 1. The minimum atomic E-state index is -3.77. The standard InChI is InChI=1S/C22H17ClN2O5S/c1-29-17-9-16(23)10-19(11-17)31(27,28)18-4-2-14(3-5-18)12-25-22(26)20-8-15-6-7-24-13-21(15)30-20/h2-11,13H,12H2,1H3,(H,25,26).